The van der Waals surface area contributed by atoms with Crippen molar-refractivity contribution in [2.24, 2.45) is 0 Å². The molecule has 1 atom stereocenters. The maximum atomic E-state index is 12.8. The zero-order valence-corrected chi connectivity index (χ0v) is 17.6. The van der Waals surface area contributed by atoms with Crippen LogP contribution in [0.5, 0.6) is 0 Å². The predicted octanol–water partition coefficient (Wildman–Crippen LogP) is 4.52. The van der Waals surface area contributed by atoms with E-state index in [9.17, 15) is 4.79 Å². The van der Waals surface area contributed by atoms with Gasteiger partial charge in [0.2, 0.25) is 11.1 Å². The number of hydrogen-bond acceptors (Lipinski definition) is 5. The summed E-state index contributed by atoms with van der Waals surface area (Å²) in [4.78, 5) is 12.8. The number of benzene rings is 2. The van der Waals surface area contributed by atoms with E-state index in [1.54, 1.807) is 4.68 Å². The van der Waals surface area contributed by atoms with E-state index in [1.165, 1.54) is 11.8 Å². The van der Waals surface area contributed by atoms with Gasteiger partial charge in [-0.25, -0.2) is 0 Å². The zero-order chi connectivity index (χ0) is 20.3. The van der Waals surface area contributed by atoms with Gasteiger partial charge in [0.25, 0.3) is 0 Å². The lowest BCUT2D eigenvalue weighted by molar-refractivity contribution is -0.115. The van der Waals surface area contributed by atoms with E-state index in [1.807, 2.05) is 57.2 Å². The SMILES string of the molecule is Cc1ccc(C)c(-n2nnnc2S[C@H](C)C(=O)Nc2ccccc2C(C)C)c1. The Kier molecular flexibility index (Phi) is 6.14. The smallest absolute Gasteiger partial charge is 0.237 e. The van der Waals surface area contributed by atoms with Gasteiger partial charge in [0.1, 0.15) is 0 Å². The van der Waals surface area contributed by atoms with E-state index in [4.69, 9.17) is 0 Å². The van der Waals surface area contributed by atoms with Gasteiger partial charge >= 0.3 is 0 Å². The molecule has 28 heavy (non-hydrogen) atoms. The van der Waals surface area contributed by atoms with Crippen LogP contribution in [0.1, 0.15) is 43.4 Å². The molecule has 3 aromatic rings. The summed E-state index contributed by atoms with van der Waals surface area (Å²) in [7, 11) is 0. The minimum atomic E-state index is -0.352. The number of thioether (sulfide) groups is 1. The Labute approximate surface area is 169 Å². The number of aryl methyl sites for hydroxylation is 2. The van der Waals surface area contributed by atoms with Crippen LogP contribution in [0.3, 0.4) is 0 Å². The highest BCUT2D eigenvalue weighted by atomic mass is 32.2. The average Bonchev–Trinajstić information content (AvgIpc) is 3.11. The second-order valence-electron chi connectivity index (χ2n) is 7.15. The summed E-state index contributed by atoms with van der Waals surface area (Å²) in [6, 6.07) is 14.0. The second-order valence-corrected chi connectivity index (χ2v) is 8.46. The third kappa shape index (κ3) is 4.42. The Morgan fingerprint density at radius 3 is 2.61 bits per heavy atom. The van der Waals surface area contributed by atoms with Crippen LogP contribution in [0, 0.1) is 13.8 Å². The number of nitrogens with one attached hydrogen (secondary N) is 1. The molecule has 1 aromatic heterocycles. The molecule has 0 aliphatic rings. The molecule has 0 aliphatic carbocycles. The van der Waals surface area contributed by atoms with Gasteiger partial charge in [-0.15, -0.1) is 5.10 Å². The Morgan fingerprint density at radius 2 is 1.86 bits per heavy atom. The predicted molar refractivity (Wildman–Crippen MR) is 113 cm³/mol. The fraction of sp³-hybridized carbons (Fsp3) is 0.333. The number of tetrazole rings is 1. The first-order valence-corrected chi connectivity index (χ1v) is 10.2. The average molecular weight is 396 g/mol. The Morgan fingerprint density at radius 1 is 1.11 bits per heavy atom. The standard InChI is InChI=1S/C21H25N5OS/c1-13(2)17-8-6-7-9-18(17)22-20(27)16(5)28-21-23-24-25-26(21)19-12-14(3)10-11-15(19)4/h6-13,16H,1-5H3,(H,22,27)/t16-/m1/s1. The molecular weight excluding hydrogens is 370 g/mol. The van der Waals surface area contributed by atoms with Crippen LogP contribution in [0.2, 0.25) is 0 Å². The lowest BCUT2D eigenvalue weighted by Crippen LogP contribution is -2.23. The minimum Gasteiger partial charge on any atom is -0.325 e. The second kappa shape index (κ2) is 8.56. The molecular formula is C21H25N5OS. The van der Waals surface area contributed by atoms with Crippen molar-refractivity contribution in [3.63, 3.8) is 0 Å². The van der Waals surface area contributed by atoms with Gasteiger partial charge in [-0.2, -0.15) is 4.68 Å². The summed E-state index contributed by atoms with van der Waals surface area (Å²) in [5.41, 5.74) is 5.09. The minimum absolute atomic E-state index is 0.0754. The first kappa shape index (κ1) is 20.1. The maximum Gasteiger partial charge on any atom is 0.237 e. The number of amides is 1. The van der Waals surface area contributed by atoms with Crippen molar-refractivity contribution in [3.8, 4) is 5.69 Å². The van der Waals surface area contributed by atoms with Crippen LogP contribution in [-0.4, -0.2) is 31.4 Å². The molecule has 0 fully saturated rings. The quantitative estimate of drug-likeness (QED) is 0.621. The molecule has 7 heteroatoms. The van der Waals surface area contributed by atoms with Gasteiger partial charge in [-0.05, 0) is 65.9 Å². The molecule has 0 aliphatic heterocycles. The Bertz CT molecular complexity index is 982. The van der Waals surface area contributed by atoms with Crippen molar-refractivity contribution in [1.82, 2.24) is 20.2 Å². The molecule has 0 spiro atoms. The van der Waals surface area contributed by atoms with Crippen LogP contribution in [0.4, 0.5) is 5.69 Å². The summed E-state index contributed by atoms with van der Waals surface area (Å²) in [6.07, 6.45) is 0. The van der Waals surface area contributed by atoms with E-state index in [-0.39, 0.29) is 11.2 Å². The van der Waals surface area contributed by atoms with Gasteiger partial charge in [-0.1, -0.05) is 55.9 Å². The Balaban J connectivity index is 1.78. The van der Waals surface area contributed by atoms with Gasteiger partial charge < -0.3 is 5.32 Å². The van der Waals surface area contributed by atoms with Gasteiger partial charge in [0.05, 0.1) is 10.9 Å². The third-order valence-corrected chi connectivity index (χ3v) is 5.56. The van der Waals surface area contributed by atoms with Crippen molar-refractivity contribution in [2.45, 2.75) is 50.9 Å². The first-order chi connectivity index (χ1) is 13.4. The number of carbonyl (C=O) groups is 1. The van der Waals surface area contributed by atoms with Crippen molar-refractivity contribution >= 4 is 23.4 Å². The number of rotatable bonds is 6. The summed E-state index contributed by atoms with van der Waals surface area (Å²) < 4.78 is 1.69. The monoisotopic (exact) mass is 395 g/mol. The molecule has 1 amide bonds. The molecule has 0 bridgehead atoms. The number of aromatic nitrogens is 4. The van der Waals surface area contributed by atoms with Crippen LogP contribution in [-0.2, 0) is 4.79 Å². The fourth-order valence-corrected chi connectivity index (χ4v) is 3.71. The highest BCUT2D eigenvalue weighted by Gasteiger charge is 2.21. The number of para-hydroxylation sites is 1. The molecule has 6 nitrogen and oxygen atoms in total. The van der Waals surface area contributed by atoms with Crippen molar-refractivity contribution in [2.75, 3.05) is 5.32 Å². The topological polar surface area (TPSA) is 72.7 Å². The molecule has 0 unspecified atom stereocenters. The van der Waals surface area contributed by atoms with E-state index in [0.29, 0.717) is 11.1 Å². The van der Waals surface area contributed by atoms with Gasteiger partial charge in [-0.3, -0.25) is 4.79 Å². The maximum absolute atomic E-state index is 12.8. The highest BCUT2D eigenvalue weighted by Crippen LogP contribution is 2.28. The Hall–Kier alpha value is -2.67. The van der Waals surface area contributed by atoms with E-state index >= 15 is 0 Å². The number of hydrogen-bond donors (Lipinski definition) is 1. The summed E-state index contributed by atoms with van der Waals surface area (Å²) in [5.74, 6) is 0.254. The molecule has 2 aromatic carbocycles. The summed E-state index contributed by atoms with van der Waals surface area (Å²) >= 11 is 1.34. The van der Waals surface area contributed by atoms with Gasteiger partial charge in [0.15, 0.2) is 0 Å². The van der Waals surface area contributed by atoms with Crippen molar-refractivity contribution in [3.05, 3.63) is 59.2 Å². The summed E-state index contributed by atoms with van der Waals surface area (Å²) in [6.45, 7) is 10.1. The lowest BCUT2D eigenvalue weighted by atomic mass is 10.0. The molecule has 0 radical (unpaired) electrons. The van der Waals surface area contributed by atoms with E-state index in [2.05, 4.69) is 40.8 Å². The molecule has 3 rings (SSSR count). The lowest BCUT2D eigenvalue weighted by Gasteiger charge is -2.16. The van der Waals surface area contributed by atoms with E-state index < -0.39 is 0 Å². The number of anilines is 1. The largest absolute Gasteiger partial charge is 0.325 e. The van der Waals surface area contributed by atoms with Crippen molar-refractivity contribution < 1.29 is 4.79 Å². The van der Waals surface area contributed by atoms with Crippen LogP contribution in [0.15, 0.2) is 47.6 Å². The van der Waals surface area contributed by atoms with Crippen LogP contribution in [0.25, 0.3) is 5.69 Å². The molecule has 0 saturated heterocycles. The first-order valence-electron chi connectivity index (χ1n) is 9.29. The third-order valence-electron chi connectivity index (χ3n) is 4.53. The van der Waals surface area contributed by atoms with Crippen molar-refractivity contribution in [1.29, 1.82) is 0 Å². The molecule has 146 valence electrons. The fourth-order valence-electron chi connectivity index (χ4n) is 2.91. The van der Waals surface area contributed by atoms with E-state index in [0.717, 1.165) is 28.1 Å². The summed E-state index contributed by atoms with van der Waals surface area (Å²) in [5, 5.41) is 15.3. The molecule has 1 N–H and O–H groups in total. The number of nitrogens with zero attached hydrogens (tertiary/aromatic N) is 4. The highest BCUT2D eigenvalue weighted by molar-refractivity contribution is 8.00. The van der Waals surface area contributed by atoms with Crippen LogP contribution < -0.4 is 5.32 Å². The number of carbonyl (C=O) groups excluding carboxylic acids is 1. The normalized spacial score (nSPS) is 12.2. The van der Waals surface area contributed by atoms with Gasteiger partial charge in [0, 0.05) is 5.69 Å². The molecule has 1 heterocycles. The zero-order valence-electron chi connectivity index (χ0n) is 16.8. The van der Waals surface area contributed by atoms with Crippen LogP contribution >= 0.6 is 11.8 Å². The molecule has 0 saturated carbocycles.